The number of aryl methyl sites for hydroxylation is 1. The molecule has 20 heavy (non-hydrogen) atoms. The first kappa shape index (κ1) is 15.6. The molecule has 0 radical (unpaired) electrons. The van der Waals surface area contributed by atoms with Crippen LogP contribution >= 0.6 is 38.9 Å². The highest BCUT2D eigenvalue weighted by atomic mass is 79.9. The van der Waals surface area contributed by atoms with Crippen molar-refractivity contribution >= 4 is 54.6 Å². The molecular formula is C12H11BrClNO3S2. The first-order valence-corrected chi connectivity index (χ1v) is 8.93. The topological polar surface area (TPSA) is 55.4 Å². The molecular weight excluding hydrogens is 386 g/mol. The van der Waals surface area contributed by atoms with Gasteiger partial charge in [0.1, 0.15) is 9.96 Å². The van der Waals surface area contributed by atoms with Crippen molar-refractivity contribution in [1.29, 1.82) is 0 Å². The van der Waals surface area contributed by atoms with E-state index in [0.29, 0.717) is 16.5 Å². The summed E-state index contributed by atoms with van der Waals surface area (Å²) in [5, 5.41) is 0.344. The van der Waals surface area contributed by atoms with Gasteiger partial charge >= 0.3 is 0 Å². The minimum atomic E-state index is -3.61. The zero-order valence-electron chi connectivity index (χ0n) is 10.6. The van der Waals surface area contributed by atoms with Crippen molar-refractivity contribution in [3.63, 3.8) is 0 Å². The highest BCUT2D eigenvalue weighted by molar-refractivity contribution is 9.11. The van der Waals surface area contributed by atoms with Crippen LogP contribution in [0.25, 0.3) is 0 Å². The van der Waals surface area contributed by atoms with E-state index >= 15 is 0 Å². The van der Waals surface area contributed by atoms with Crippen LogP contribution in [-0.4, -0.2) is 15.5 Å². The van der Waals surface area contributed by atoms with Crippen LogP contribution in [0.1, 0.15) is 5.56 Å². The molecule has 0 saturated heterocycles. The van der Waals surface area contributed by atoms with Gasteiger partial charge in [-0.05, 0) is 52.7 Å². The van der Waals surface area contributed by atoms with Crippen LogP contribution in [-0.2, 0) is 10.0 Å². The molecule has 1 aromatic heterocycles. The molecule has 0 saturated carbocycles. The summed E-state index contributed by atoms with van der Waals surface area (Å²) in [6.07, 6.45) is 0. The van der Waals surface area contributed by atoms with E-state index in [9.17, 15) is 8.42 Å². The molecule has 1 aromatic carbocycles. The molecule has 0 spiro atoms. The molecule has 0 unspecified atom stereocenters. The van der Waals surface area contributed by atoms with Gasteiger partial charge in [-0.25, -0.2) is 8.42 Å². The Morgan fingerprint density at radius 3 is 2.55 bits per heavy atom. The van der Waals surface area contributed by atoms with E-state index in [-0.39, 0.29) is 4.21 Å². The zero-order chi connectivity index (χ0) is 14.9. The summed E-state index contributed by atoms with van der Waals surface area (Å²) in [6, 6.07) is 6.32. The van der Waals surface area contributed by atoms with Gasteiger partial charge < -0.3 is 4.74 Å². The summed E-state index contributed by atoms with van der Waals surface area (Å²) in [6.45, 7) is 1.84. The second-order valence-electron chi connectivity index (χ2n) is 3.98. The normalized spacial score (nSPS) is 11.4. The van der Waals surface area contributed by atoms with Crippen molar-refractivity contribution in [2.45, 2.75) is 11.1 Å². The van der Waals surface area contributed by atoms with E-state index in [4.69, 9.17) is 16.3 Å². The van der Waals surface area contributed by atoms with Gasteiger partial charge in [0.05, 0.1) is 21.6 Å². The predicted octanol–water partition coefficient (Wildman–Crippen LogP) is 4.28. The van der Waals surface area contributed by atoms with E-state index in [2.05, 4.69) is 20.7 Å². The number of benzene rings is 1. The number of rotatable bonds is 4. The molecule has 8 heteroatoms. The fourth-order valence-corrected chi connectivity index (χ4v) is 5.03. The summed E-state index contributed by atoms with van der Waals surface area (Å²) in [7, 11) is -2.12. The predicted molar refractivity (Wildman–Crippen MR) is 85.6 cm³/mol. The van der Waals surface area contributed by atoms with Crippen LogP contribution in [0, 0.1) is 6.92 Å². The second kappa shape index (κ2) is 5.93. The Balaban J connectivity index is 2.31. The van der Waals surface area contributed by atoms with E-state index < -0.39 is 10.0 Å². The monoisotopic (exact) mass is 395 g/mol. The highest BCUT2D eigenvalue weighted by Crippen LogP contribution is 2.33. The summed E-state index contributed by atoms with van der Waals surface area (Å²) in [5.74, 6) is 0.490. The van der Waals surface area contributed by atoms with Gasteiger partial charge in [-0.1, -0.05) is 11.6 Å². The molecule has 0 fully saturated rings. The fraction of sp³-hybridized carbons (Fsp3) is 0.167. The third kappa shape index (κ3) is 3.28. The molecule has 2 rings (SSSR count). The van der Waals surface area contributed by atoms with Crippen LogP contribution in [0.2, 0.25) is 5.02 Å². The number of sulfonamides is 1. The largest absolute Gasteiger partial charge is 0.495 e. The summed E-state index contributed by atoms with van der Waals surface area (Å²) < 4.78 is 33.0. The lowest BCUT2D eigenvalue weighted by molar-refractivity contribution is 0.415. The zero-order valence-corrected chi connectivity index (χ0v) is 14.6. The molecule has 4 nitrogen and oxygen atoms in total. The third-order valence-electron chi connectivity index (χ3n) is 2.50. The number of hydrogen-bond acceptors (Lipinski definition) is 4. The lowest BCUT2D eigenvalue weighted by Gasteiger charge is -2.08. The van der Waals surface area contributed by atoms with Gasteiger partial charge in [0.15, 0.2) is 0 Å². The molecule has 0 atom stereocenters. The van der Waals surface area contributed by atoms with Gasteiger partial charge in [-0.2, -0.15) is 0 Å². The van der Waals surface area contributed by atoms with Crippen LogP contribution in [0.4, 0.5) is 5.69 Å². The number of nitrogens with one attached hydrogen (secondary N) is 1. The minimum Gasteiger partial charge on any atom is -0.495 e. The lowest BCUT2D eigenvalue weighted by Crippen LogP contribution is -2.11. The van der Waals surface area contributed by atoms with Gasteiger partial charge in [-0.15, -0.1) is 11.3 Å². The van der Waals surface area contributed by atoms with Crippen molar-refractivity contribution in [1.82, 2.24) is 0 Å². The maximum atomic E-state index is 12.2. The maximum Gasteiger partial charge on any atom is 0.271 e. The average Bonchev–Trinajstić information content (AvgIpc) is 2.70. The molecule has 2 aromatic rings. The standard InChI is InChI=1S/C12H11BrClNO3S2/c1-7-5-11(19-12(7)13)20(16,17)15-8-3-4-10(18-2)9(14)6-8/h3-6,15H,1-2H3. The van der Waals surface area contributed by atoms with Gasteiger partial charge in [0.25, 0.3) is 10.0 Å². The first-order chi connectivity index (χ1) is 9.33. The van der Waals surface area contributed by atoms with Crippen molar-refractivity contribution in [2.24, 2.45) is 0 Å². The molecule has 0 aliphatic heterocycles. The number of anilines is 1. The Labute approximate surface area is 134 Å². The number of methoxy groups -OCH3 is 1. The van der Waals surface area contributed by atoms with E-state index in [1.165, 1.54) is 13.2 Å². The fourth-order valence-electron chi connectivity index (χ4n) is 1.50. The molecule has 1 N–H and O–H groups in total. The number of thiophene rings is 1. The smallest absolute Gasteiger partial charge is 0.271 e. The van der Waals surface area contributed by atoms with Crippen molar-refractivity contribution in [2.75, 3.05) is 11.8 Å². The van der Waals surface area contributed by atoms with Crippen LogP contribution in [0.3, 0.4) is 0 Å². The number of hydrogen-bond donors (Lipinski definition) is 1. The third-order valence-corrected chi connectivity index (χ3v) is 6.79. The van der Waals surface area contributed by atoms with Crippen molar-refractivity contribution < 1.29 is 13.2 Å². The Bertz CT molecular complexity index is 724. The number of halogens is 2. The minimum absolute atomic E-state index is 0.244. The molecule has 0 bridgehead atoms. The Morgan fingerprint density at radius 1 is 1.35 bits per heavy atom. The summed E-state index contributed by atoms with van der Waals surface area (Å²) >= 11 is 10.4. The Morgan fingerprint density at radius 2 is 2.05 bits per heavy atom. The SMILES string of the molecule is COc1ccc(NS(=O)(=O)c2cc(C)c(Br)s2)cc1Cl. The van der Waals surface area contributed by atoms with Crippen LogP contribution in [0.5, 0.6) is 5.75 Å². The first-order valence-electron chi connectivity index (χ1n) is 5.46. The molecule has 108 valence electrons. The van der Waals surface area contributed by atoms with Crippen molar-refractivity contribution in [3.05, 3.63) is 38.6 Å². The van der Waals surface area contributed by atoms with Crippen LogP contribution < -0.4 is 9.46 Å². The second-order valence-corrected chi connectivity index (χ2v) is 8.66. The summed E-state index contributed by atoms with van der Waals surface area (Å²) in [4.78, 5) is 0. The van der Waals surface area contributed by atoms with Gasteiger partial charge in [0, 0.05) is 0 Å². The molecule has 1 heterocycles. The quantitative estimate of drug-likeness (QED) is 0.839. The van der Waals surface area contributed by atoms with Gasteiger partial charge in [-0.3, -0.25) is 4.72 Å². The van der Waals surface area contributed by atoms with Crippen LogP contribution in [0.15, 0.2) is 32.3 Å². The maximum absolute atomic E-state index is 12.2. The molecule has 0 aliphatic rings. The lowest BCUT2D eigenvalue weighted by atomic mass is 10.3. The van der Waals surface area contributed by atoms with E-state index in [0.717, 1.165) is 20.7 Å². The van der Waals surface area contributed by atoms with Gasteiger partial charge in [0.2, 0.25) is 0 Å². The van der Waals surface area contributed by atoms with E-state index in [1.54, 1.807) is 18.2 Å². The Kier molecular flexibility index (Phi) is 4.63. The summed E-state index contributed by atoms with van der Waals surface area (Å²) in [5.41, 5.74) is 1.26. The molecule has 0 amide bonds. The highest BCUT2D eigenvalue weighted by Gasteiger charge is 2.18. The number of ether oxygens (including phenoxy) is 1. The average molecular weight is 397 g/mol. The van der Waals surface area contributed by atoms with E-state index in [1.807, 2.05) is 6.92 Å². The van der Waals surface area contributed by atoms with Crippen molar-refractivity contribution in [3.8, 4) is 5.75 Å². The molecule has 0 aliphatic carbocycles. The Hall–Kier alpha value is -0.760.